The Bertz CT molecular complexity index is 883. The Balaban J connectivity index is 2.23. The van der Waals surface area contributed by atoms with E-state index in [1.807, 2.05) is 4.98 Å². The van der Waals surface area contributed by atoms with Gasteiger partial charge in [0.15, 0.2) is 6.23 Å². The maximum absolute atomic E-state index is 12.0. The van der Waals surface area contributed by atoms with Crippen molar-refractivity contribution in [3.8, 4) is 11.8 Å². The van der Waals surface area contributed by atoms with Crippen LogP contribution in [0.5, 0.6) is 0 Å². The zero-order valence-corrected chi connectivity index (χ0v) is 13.4. The summed E-state index contributed by atoms with van der Waals surface area (Å²) in [7, 11) is 0. The smallest absolute Gasteiger partial charge is 0.394 e. The van der Waals surface area contributed by atoms with Crippen LogP contribution in [0.3, 0.4) is 0 Å². The summed E-state index contributed by atoms with van der Waals surface area (Å²) in [5, 5.41) is 30.2. The molecule has 2 rings (SSSR count). The molecule has 148 valence electrons. The lowest BCUT2D eigenvalue weighted by Crippen LogP contribution is -2.38. The number of carbonyl (C=O) groups excluding carboxylic acids is 1. The van der Waals surface area contributed by atoms with E-state index in [-0.39, 0.29) is 5.56 Å². The Morgan fingerprint density at radius 1 is 1.33 bits per heavy atom. The summed E-state index contributed by atoms with van der Waals surface area (Å²) in [6.07, 6.45) is -9.90. The van der Waals surface area contributed by atoms with Gasteiger partial charge in [-0.25, -0.2) is 4.79 Å². The van der Waals surface area contributed by atoms with Gasteiger partial charge in [0.25, 0.3) is 5.56 Å². The maximum atomic E-state index is 12.0. The number of aliphatic hydroxyl groups is 3. The lowest BCUT2D eigenvalue weighted by molar-refractivity contribution is -0.173. The van der Waals surface area contributed by atoms with E-state index < -0.39 is 61.0 Å². The first-order valence-corrected chi connectivity index (χ1v) is 7.38. The molecule has 2 unspecified atom stereocenters. The molecule has 1 amide bonds. The Hall–Kier alpha value is -2.66. The highest BCUT2D eigenvalue weighted by molar-refractivity contribution is 5.81. The van der Waals surface area contributed by atoms with Gasteiger partial charge in [0, 0.05) is 6.20 Å². The molecule has 1 aliphatic heterocycles. The van der Waals surface area contributed by atoms with Crippen LogP contribution in [0.4, 0.5) is 13.2 Å². The van der Waals surface area contributed by atoms with Crippen molar-refractivity contribution >= 4 is 5.91 Å². The van der Waals surface area contributed by atoms with E-state index in [0.29, 0.717) is 4.57 Å². The van der Waals surface area contributed by atoms with E-state index in [0.717, 1.165) is 6.20 Å². The molecule has 2 heterocycles. The summed E-state index contributed by atoms with van der Waals surface area (Å²) in [5.41, 5.74) is -2.34. The summed E-state index contributed by atoms with van der Waals surface area (Å²) in [4.78, 5) is 36.1. The van der Waals surface area contributed by atoms with E-state index in [4.69, 9.17) is 9.84 Å². The van der Waals surface area contributed by atoms with E-state index in [1.54, 1.807) is 0 Å². The van der Waals surface area contributed by atoms with Crippen molar-refractivity contribution in [3.63, 3.8) is 0 Å². The summed E-state index contributed by atoms with van der Waals surface area (Å²) < 4.78 is 42.0. The molecule has 13 heteroatoms. The van der Waals surface area contributed by atoms with Crippen LogP contribution >= 0.6 is 0 Å². The normalized spacial score (nSPS) is 25.0. The lowest BCUT2D eigenvalue weighted by Gasteiger charge is -2.17. The fraction of sp³-hybridized carbons (Fsp3) is 0.500. The van der Waals surface area contributed by atoms with Crippen LogP contribution in [0.25, 0.3) is 0 Å². The third-order valence-electron chi connectivity index (χ3n) is 3.58. The first-order valence-electron chi connectivity index (χ1n) is 7.38. The van der Waals surface area contributed by atoms with Gasteiger partial charge in [-0.15, -0.1) is 0 Å². The van der Waals surface area contributed by atoms with E-state index in [2.05, 4.69) is 11.8 Å². The molecule has 1 aromatic heterocycles. The number of rotatable bonds is 3. The highest BCUT2D eigenvalue weighted by Crippen LogP contribution is 2.27. The summed E-state index contributed by atoms with van der Waals surface area (Å²) in [6.45, 7) is -1.36. The molecule has 0 saturated carbocycles. The van der Waals surface area contributed by atoms with Gasteiger partial charge in [-0.1, -0.05) is 11.8 Å². The van der Waals surface area contributed by atoms with Gasteiger partial charge in [0.2, 0.25) is 0 Å². The van der Waals surface area contributed by atoms with Crippen LogP contribution in [-0.4, -0.2) is 68.4 Å². The summed E-state index contributed by atoms with van der Waals surface area (Å²) in [6, 6.07) is 0. The number of hydrogen-bond acceptors (Lipinski definition) is 7. The van der Waals surface area contributed by atoms with Crippen LogP contribution in [0.2, 0.25) is 0 Å². The predicted octanol–water partition coefficient (Wildman–Crippen LogP) is -2.82. The minimum absolute atomic E-state index is 0.367. The number of alkyl halides is 3. The fourth-order valence-electron chi connectivity index (χ4n) is 2.24. The van der Waals surface area contributed by atoms with Crippen LogP contribution in [0.1, 0.15) is 11.8 Å². The SMILES string of the molecule is O=C(NCC#Cc1cn([C@H]2O[C@@H](CO)C(O)C2O)c(=O)[nH]c1=O)C(F)(F)F. The molecule has 27 heavy (non-hydrogen) atoms. The van der Waals surface area contributed by atoms with E-state index in [9.17, 15) is 37.8 Å². The number of aliphatic hydroxyl groups excluding tert-OH is 3. The zero-order valence-electron chi connectivity index (χ0n) is 13.4. The van der Waals surface area contributed by atoms with Crippen molar-refractivity contribution in [2.45, 2.75) is 30.7 Å². The molecule has 0 radical (unpaired) electrons. The molecule has 5 N–H and O–H groups in total. The van der Waals surface area contributed by atoms with Crippen molar-refractivity contribution in [2.24, 2.45) is 0 Å². The molecule has 0 spiro atoms. The van der Waals surface area contributed by atoms with E-state index in [1.165, 1.54) is 5.32 Å². The number of H-pyrrole nitrogens is 1. The minimum Gasteiger partial charge on any atom is -0.394 e. The maximum Gasteiger partial charge on any atom is 0.471 e. The van der Waals surface area contributed by atoms with Gasteiger partial charge < -0.3 is 25.4 Å². The number of halogens is 3. The van der Waals surface area contributed by atoms with Crippen molar-refractivity contribution < 1.29 is 38.0 Å². The quantitative estimate of drug-likeness (QED) is 0.347. The summed E-state index contributed by atoms with van der Waals surface area (Å²) >= 11 is 0. The monoisotopic (exact) mass is 393 g/mol. The number of aromatic amines is 1. The molecule has 1 saturated heterocycles. The molecule has 4 atom stereocenters. The van der Waals surface area contributed by atoms with Gasteiger partial charge in [-0.05, 0) is 0 Å². The highest BCUT2D eigenvalue weighted by Gasteiger charge is 2.43. The largest absolute Gasteiger partial charge is 0.471 e. The second-order valence-electron chi connectivity index (χ2n) is 5.42. The average molecular weight is 393 g/mol. The number of ether oxygens (including phenoxy) is 1. The number of amides is 1. The van der Waals surface area contributed by atoms with Gasteiger partial charge in [0.05, 0.1) is 13.2 Å². The zero-order chi connectivity index (χ0) is 20.4. The van der Waals surface area contributed by atoms with Crippen molar-refractivity contribution in [1.82, 2.24) is 14.9 Å². The van der Waals surface area contributed by atoms with Crippen LogP contribution in [-0.2, 0) is 9.53 Å². The predicted molar refractivity (Wildman–Crippen MR) is 80.3 cm³/mol. The fourth-order valence-corrected chi connectivity index (χ4v) is 2.24. The van der Waals surface area contributed by atoms with Gasteiger partial charge in [-0.2, -0.15) is 13.2 Å². The molecular formula is C14H14F3N3O7. The minimum atomic E-state index is -5.08. The molecule has 0 bridgehead atoms. The number of nitrogens with zero attached hydrogens (tertiary/aromatic N) is 1. The Morgan fingerprint density at radius 3 is 2.56 bits per heavy atom. The molecule has 10 nitrogen and oxygen atoms in total. The molecule has 1 aromatic rings. The second-order valence-corrected chi connectivity index (χ2v) is 5.42. The third-order valence-corrected chi connectivity index (χ3v) is 3.58. The molecule has 1 fully saturated rings. The van der Waals surface area contributed by atoms with Crippen molar-refractivity contribution in [3.05, 3.63) is 32.6 Å². The van der Waals surface area contributed by atoms with Crippen LogP contribution in [0, 0.1) is 11.8 Å². The number of carbonyl (C=O) groups is 1. The van der Waals surface area contributed by atoms with Crippen molar-refractivity contribution in [2.75, 3.05) is 13.2 Å². The molecule has 0 aromatic carbocycles. The summed E-state index contributed by atoms with van der Waals surface area (Å²) in [5.74, 6) is 2.08. The Labute approximate surface area is 148 Å². The topological polar surface area (TPSA) is 154 Å². The first-order chi connectivity index (χ1) is 12.6. The Morgan fingerprint density at radius 2 is 2.00 bits per heavy atom. The Kier molecular flexibility index (Phi) is 6.06. The van der Waals surface area contributed by atoms with Gasteiger partial charge in [-0.3, -0.25) is 19.1 Å². The van der Waals surface area contributed by atoms with E-state index >= 15 is 0 Å². The average Bonchev–Trinajstić information content (AvgIpc) is 2.87. The lowest BCUT2D eigenvalue weighted by atomic mass is 10.1. The van der Waals surface area contributed by atoms with Crippen LogP contribution in [0.15, 0.2) is 15.8 Å². The van der Waals surface area contributed by atoms with Crippen LogP contribution < -0.4 is 16.6 Å². The molecule has 0 aliphatic carbocycles. The number of nitrogens with one attached hydrogen (secondary N) is 2. The van der Waals surface area contributed by atoms with Crippen molar-refractivity contribution in [1.29, 1.82) is 0 Å². The standard InChI is InChI=1S/C14H14F3N3O7/c15-14(16,17)12(25)18-3-1-2-6-4-20(13(26)19-10(6)24)11-9(23)8(22)7(5-21)27-11/h4,7-9,11,21-23H,3,5H2,(H,18,25)(H,19,24,26)/t7-,8?,9?,11-/m0/s1. The highest BCUT2D eigenvalue weighted by atomic mass is 19.4. The molecular weight excluding hydrogens is 379 g/mol. The van der Waals surface area contributed by atoms with Gasteiger partial charge >= 0.3 is 17.8 Å². The molecule has 1 aliphatic rings. The number of hydrogen-bond donors (Lipinski definition) is 5. The first kappa shape index (κ1) is 20.6. The second kappa shape index (κ2) is 7.92. The number of aromatic nitrogens is 2. The third kappa shape index (κ3) is 4.55. The van der Waals surface area contributed by atoms with Gasteiger partial charge in [0.1, 0.15) is 23.9 Å².